The van der Waals surface area contributed by atoms with Gasteiger partial charge >= 0.3 is 5.69 Å². The van der Waals surface area contributed by atoms with Gasteiger partial charge < -0.3 is 19.8 Å². The van der Waals surface area contributed by atoms with Crippen molar-refractivity contribution in [3.05, 3.63) is 64.9 Å². The number of para-hydroxylation sites is 2. The Morgan fingerprint density at radius 3 is 2.73 bits per heavy atom. The summed E-state index contributed by atoms with van der Waals surface area (Å²) in [5.41, 5.74) is 0.318. The van der Waals surface area contributed by atoms with Crippen LogP contribution in [0.3, 0.4) is 0 Å². The largest absolute Gasteiger partial charge is 0.492 e. The van der Waals surface area contributed by atoms with Crippen LogP contribution in [0.1, 0.15) is 12.7 Å². The van der Waals surface area contributed by atoms with Gasteiger partial charge in [-0.05, 0) is 31.2 Å². The van der Waals surface area contributed by atoms with Crippen molar-refractivity contribution in [3.63, 3.8) is 0 Å². The van der Waals surface area contributed by atoms with E-state index in [9.17, 15) is 10.1 Å². The molecule has 9 heteroatoms. The van der Waals surface area contributed by atoms with E-state index in [-0.39, 0.29) is 23.9 Å². The molecule has 2 aromatic heterocycles. The first-order chi connectivity index (χ1) is 12.7. The summed E-state index contributed by atoms with van der Waals surface area (Å²) in [7, 11) is 0. The zero-order valence-corrected chi connectivity index (χ0v) is 14.0. The molecular weight excluding hydrogens is 338 g/mol. The fourth-order valence-corrected chi connectivity index (χ4v) is 2.34. The van der Waals surface area contributed by atoms with Gasteiger partial charge in [0.2, 0.25) is 11.6 Å². The van der Waals surface area contributed by atoms with Gasteiger partial charge in [-0.1, -0.05) is 12.1 Å². The molecule has 3 rings (SSSR count). The Morgan fingerprint density at radius 2 is 2.00 bits per heavy atom. The van der Waals surface area contributed by atoms with E-state index in [2.05, 4.69) is 20.6 Å². The number of nitro groups is 1. The van der Waals surface area contributed by atoms with Crippen LogP contribution in [0.2, 0.25) is 0 Å². The molecule has 0 saturated carbocycles. The number of benzene rings is 1. The van der Waals surface area contributed by atoms with Crippen LogP contribution in [-0.4, -0.2) is 21.5 Å². The number of rotatable bonds is 8. The molecule has 0 amide bonds. The highest BCUT2D eigenvalue weighted by Gasteiger charge is 2.23. The van der Waals surface area contributed by atoms with E-state index in [1.54, 1.807) is 30.3 Å². The average Bonchev–Trinajstić information content (AvgIpc) is 3.15. The molecule has 2 N–H and O–H groups in total. The highest BCUT2D eigenvalue weighted by molar-refractivity contribution is 5.75. The van der Waals surface area contributed by atoms with E-state index in [0.717, 1.165) is 0 Å². The Hall–Kier alpha value is -3.62. The molecule has 0 bridgehead atoms. The Balaban J connectivity index is 1.89. The molecule has 1 aromatic carbocycles. The van der Waals surface area contributed by atoms with Gasteiger partial charge in [-0.25, -0.2) is 9.97 Å². The van der Waals surface area contributed by atoms with Crippen molar-refractivity contribution in [2.24, 2.45) is 0 Å². The minimum Gasteiger partial charge on any atom is -0.492 e. The van der Waals surface area contributed by atoms with Gasteiger partial charge in [0.15, 0.2) is 0 Å². The molecule has 0 aliphatic heterocycles. The minimum absolute atomic E-state index is 0.0686. The van der Waals surface area contributed by atoms with Gasteiger partial charge in [-0.3, -0.25) is 10.1 Å². The lowest BCUT2D eigenvalue weighted by Crippen LogP contribution is -2.08. The molecule has 0 aliphatic carbocycles. The second-order valence-corrected chi connectivity index (χ2v) is 5.16. The topological polar surface area (TPSA) is 115 Å². The number of nitrogens with zero attached hydrogens (tertiary/aromatic N) is 3. The van der Waals surface area contributed by atoms with E-state index in [4.69, 9.17) is 9.15 Å². The van der Waals surface area contributed by atoms with Crippen molar-refractivity contribution in [2.45, 2.75) is 13.5 Å². The lowest BCUT2D eigenvalue weighted by molar-refractivity contribution is -0.383. The first-order valence-corrected chi connectivity index (χ1v) is 7.93. The van der Waals surface area contributed by atoms with Crippen molar-refractivity contribution < 1.29 is 14.1 Å². The maximum atomic E-state index is 11.6. The van der Waals surface area contributed by atoms with E-state index < -0.39 is 4.92 Å². The Morgan fingerprint density at radius 1 is 1.19 bits per heavy atom. The average molecular weight is 355 g/mol. The van der Waals surface area contributed by atoms with Crippen LogP contribution in [0, 0.1) is 10.1 Å². The van der Waals surface area contributed by atoms with Crippen LogP contribution in [0.15, 0.2) is 53.4 Å². The van der Waals surface area contributed by atoms with Gasteiger partial charge in [-0.2, -0.15) is 0 Å². The van der Waals surface area contributed by atoms with Gasteiger partial charge in [0.05, 0.1) is 30.0 Å². The van der Waals surface area contributed by atoms with Crippen molar-refractivity contribution >= 4 is 23.0 Å². The van der Waals surface area contributed by atoms with E-state index in [1.165, 1.54) is 12.6 Å². The molecule has 0 spiro atoms. The normalized spacial score (nSPS) is 10.3. The zero-order chi connectivity index (χ0) is 18.4. The molecule has 0 radical (unpaired) electrons. The van der Waals surface area contributed by atoms with Crippen molar-refractivity contribution in [2.75, 3.05) is 17.2 Å². The first-order valence-electron chi connectivity index (χ1n) is 7.93. The van der Waals surface area contributed by atoms with E-state index in [0.29, 0.717) is 23.8 Å². The highest BCUT2D eigenvalue weighted by atomic mass is 16.6. The summed E-state index contributed by atoms with van der Waals surface area (Å²) in [4.78, 5) is 19.1. The zero-order valence-electron chi connectivity index (χ0n) is 14.0. The molecule has 134 valence electrons. The second-order valence-electron chi connectivity index (χ2n) is 5.16. The Bertz CT molecular complexity index is 883. The molecule has 0 unspecified atom stereocenters. The van der Waals surface area contributed by atoms with E-state index in [1.807, 2.05) is 13.0 Å². The van der Waals surface area contributed by atoms with Crippen molar-refractivity contribution in [3.8, 4) is 5.75 Å². The lowest BCUT2D eigenvalue weighted by atomic mass is 10.3. The standard InChI is InChI=1S/C17H17N5O4/c1-2-25-14-8-4-3-7-13(14)21-17-15(22(23)24)16(19-11-20-17)18-10-12-6-5-9-26-12/h3-9,11H,2,10H2,1H3,(H2,18,19,20,21). The van der Waals surface area contributed by atoms with Gasteiger partial charge in [0.1, 0.15) is 17.8 Å². The second kappa shape index (κ2) is 7.97. The highest BCUT2D eigenvalue weighted by Crippen LogP contribution is 2.34. The maximum absolute atomic E-state index is 11.6. The van der Waals surface area contributed by atoms with E-state index >= 15 is 0 Å². The summed E-state index contributed by atoms with van der Waals surface area (Å²) in [5.74, 6) is 1.37. The minimum atomic E-state index is -0.532. The third-order valence-corrected chi connectivity index (χ3v) is 3.45. The summed E-state index contributed by atoms with van der Waals surface area (Å²) in [6.45, 7) is 2.60. The number of hydrogen-bond donors (Lipinski definition) is 2. The molecular formula is C17H17N5O4. The number of hydrogen-bond acceptors (Lipinski definition) is 8. The van der Waals surface area contributed by atoms with Gasteiger partial charge in [-0.15, -0.1) is 0 Å². The SMILES string of the molecule is CCOc1ccccc1Nc1ncnc(NCc2ccco2)c1[N+](=O)[O-]. The monoisotopic (exact) mass is 355 g/mol. The van der Waals surface area contributed by atoms with Gasteiger partial charge in [0.25, 0.3) is 0 Å². The summed E-state index contributed by atoms with van der Waals surface area (Å²) in [5, 5.41) is 17.5. The quantitative estimate of drug-likeness (QED) is 0.464. The van der Waals surface area contributed by atoms with Crippen molar-refractivity contribution in [1.29, 1.82) is 0 Å². The third-order valence-electron chi connectivity index (χ3n) is 3.45. The predicted molar refractivity (Wildman–Crippen MR) is 95.6 cm³/mol. The fourth-order valence-electron chi connectivity index (χ4n) is 2.34. The molecule has 0 fully saturated rings. The summed E-state index contributed by atoms with van der Waals surface area (Å²) >= 11 is 0. The number of anilines is 3. The number of furan rings is 1. The summed E-state index contributed by atoms with van der Waals surface area (Å²) in [6.07, 6.45) is 2.78. The molecule has 0 saturated heterocycles. The third kappa shape index (κ3) is 3.89. The number of aromatic nitrogens is 2. The van der Waals surface area contributed by atoms with Gasteiger partial charge in [0, 0.05) is 0 Å². The molecule has 2 heterocycles. The van der Waals surface area contributed by atoms with Crippen LogP contribution in [0.25, 0.3) is 0 Å². The molecule has 26 heavy (non-hydrogen) atoms. The number of nitrogens with one attached hydrogen (secondary N) is 2. The van der Waals surface area contributed by atoms with Crippen LogP contribution >= 0.6 is 0 Å². The van der Waals surface area contributed by atoms with Crippen LogP contribution in [-0.2, 0) is 6.54 Å². The lowest BCUT2D eigenvalue weighted by Gasteiger charge is -2.12. The molecule has 0 aliphatic rings. The fraction of sp³-hybridized carbons (Fsp3) is 0.176. The smallest absolute Gasteiger partial charge is 0.353 e. The van der Waals surface area contributed by atoms with Crippen LogP contribution < -0.4 is 15.4 Å². The van der Waals surface area contributed by atoms with Crippen molar-refractivity contribution in [1.82, 2.24) is 9.97 Å². The maximum Gasteiger partial charge on any atom is 0.353 e. The Kier molecular flexibility index (Phi) is 5.28. The van der Waals surface area contributed by atoms with Crippen LogP contribution in [0.4, 0.5) is 23.0 Å². The predicted octanol–water partition coefficient (Wildman–Crippen LogP) is 3.73. The molecule has 3 aromatic rings. The first kappa shape index (κ1) is 17.2. The molecule has 0 atom stereocenters. The Labute approximate surface area is 149 Å². The summed E-state index contributed by atoms with van der Waals surface area (Å²) in [6, 6.07) is 10.6. The summed E-state index contributed by atoms with van der Waals surface area (Å²) < 4.78 is 10.7. The van der Waals surface area contributed by atoms with Crippen LogP contribution in [0.5, 0.6) is 5.75 Å². The molecule has 9 nitrogen and oxygen atoms in total. The number of ether oxygens (including phenoxy) is 1.